The second-order valence-corrected chi connectivity index (χ2v) is 4.86. The number of aryl methyl sites for hydroxylation is 1. The number of ether oxygens (including phenoxy) is 1. The molecular formula is C13H14N2O2S. The van der Waals surface area contributed by atoms with Gasteiger partial charge in [0.1, 0.15) is 10.6 Å². The van der Waals surface area contributed by atoms with Crippen LogP contribution in [0.4, 0.5) is 5.69 Å². The van der Waals surface area contributed by atoms with Crippen LogP contribution in [0, 0.1) is 6.92 Å². The Kier molecular flexibility index (Phi) is 3.94. The van der Waals surface area contributed by atoms with Gasteiger partial charge in [-0.3, -0.25) is 4.79 Å². The first-order valence-electron chi connectivity index (χ1n) is 5.66. The van der Waals surface area contributed by atoms with Crippen LogP contribution in [0.2, 0.25) is 0 Å². The highest BCUT2D eigenvalue weighted by atomic mass is 32.1. The van der Waals surface area contributed by atoms with Gasteiger partial charge in [0.05, 0.1) is 23.5 Å². The number of anilines is 1. The quantitative estimate of drug-likeness (QED) is 0.921. The van der Waals surface area contributed by atoms with Crippen molar-refractivity contribution in [1.82, 2.24) is 4.98 Å². The Bertz CT molecular complexity index is 551. The fraction of sp³-hybridized carbons (Fsp3) is 0.231. The summed E-state index contributed by atoms with van der Waals surface area (Å²) in [7, 11) is 0. The minimum Gasteiger partial charge on any atom is -0.492 e. The Morgan fingerprint density at radius 3 is 2.89 bits per heavy atom. The maximum atomic E-state index is 12.0. The summed E-state index contributed by atoms with van der Waals surface area (Å²) in [6.45, 7) is 4.34. The van der Waals surface area contributed by atoms with E-state index in [1.165, 1.54) is 11.3 Å². The average molecular weight is 262 g/mol. The molecule has 1 N–H and O–H groups in total. The SMILES string of the molecule is CCOc1ccccc1NC(=O)c1cnc(C)s1. The van der Waals surface area contributed by atoms with E-state index in [1.807, 2.05) is 38.1 Å². The first-order valence-corrected chi connectivity index (χ1v) is 6.48. The van der Waals surface area contributed by atoms with E-state index in [2.05, 4.69) is 10.3 Å². The Labute approximate surface area is 110 Å². The standard InChI is InChI=1S/C13H14N2O2S/c1-3-17-11-7-5-4-6-10(11)15-13(16)12-8-14-9(2)18-12/h4-8H,3H2,1-2H3,(H,15,16). The number of para-hydroxylation sites is 2. The van der Waals surface area contributed by atoms with Crippen molar-refractivity contribution in [3.8, 4) is 5.75 Å². The summed E-state index contributed by atoms with van der Waals surface area (Å²) in [5, 5.41) is 3.70. The normalized spacial score (nSPS) is 10.1. The lowest BCUT2D eigenvalue weighted by Gasteiger charge is -2.10. The van der Waals surface area contributed by atoms with Crippen LogP contribution in [-0.4, -0.2) is 17.5 Å². The van der Waals surface area contributed by atoms with Crippen LogP contribution in [-0.2, 0) is 0 Å². The topological polar surface area (TPSA) is 51.2 Å². The number of amides is 1. The number of thiazole rings is 1. The summed E-state index contributed by atoms with van der Waals surface area (Å²) >= 11 is 1.37. The third kappa shape index (κ3) is 2.87. The average Bonchev–Trinajstić information content (AvgIpc) is 2.79. The van der Waals surface area contributed by atoms with Crippen molar-refractivity contribution in [2.75, 3.05) is 11.9 Å². The largest absolute Gasteiger partial charge is 0.492 e. The number of nitrogens with zero attached hydrogens (tertiary/aromatic N) is 1. The van der Waals surface area contributed by atoms with Crippen LogP contribution in [0.25, 0.3) is 0 Å². The lowest BCUT2D eigenvalue weighted by atomic mass is 10.3. The predicted molar refractivity (Wildman–Crippen MR) is 72.4 cm³/mol. The molecule has 0 aliphatic carbocycles. The Morgan fingerprint density at radius 1 is 1.44 bits per heavy atom. The van der Waals surface area contributed by atoms with Gasteiger partial charge in [-0.25, -0.2) is 4.98 Å². The molecule has 1 heterocycles. The molecule has 0 fully saturated rings. The van der Waals surface area contributed by atoms with Gasteiger partial charge in [-0.15, -0.1) is 11.3 Å². The van der Waals surface area contributed by atoms with E-state index in [0.717, 1.165) is 5.01 Å². The molecule has 0 saturated carbocycles. The molecule has 4 nitrogen and oxygen atoms in total. The van der Waals surface area contributed by atoms with Gasteiger partial charge in [0, 0.05) is 0 Å². The summed E-state index contributed by atoms with van der Waals surface area (Å²) in [5.41, 5.74) is 0.676. The van der Waals surface area contributed by atoms with Gasteiger partial charge in [-0.05, 0) is 26.0 Å². The smallest absolute Gasteiger partial charge is 0.267 e. The van der Waals surface area contributed by atoms with E-state index in [-0.39, 0.29) is 5.91 Å². The zero-order valence-electron chi connectivity index (χ0n) is 10.3. The molecule has 94 valence electrons. The monoisotopic (exact) mass is 262 g/mol. The number of hydrogen-bond acceptors (Lipinski definition) is 4. The zero-order valence-corrected chi connectivity index (χ0v) is 11.1. The van der Waals surface area contributed by atoms with E-state index < -0.39 is 0 Å². The summed E-state index contributed by atoms with van der Waals surface area (Å²) in [6, 6.07) is 7.38. The van der Waals surface area contributed by atoms with Crippen LogP contribution in [0.1, 0.15) is 21.6 Å². The molecule has 0 radical (unpaired) electrons. The molecule has 5 heteroatoms. The van der Waals surface area contributed by atoms with Crippen LogP contribution in [0.15, 0.2) is 30.5 Å². The van der Waals surface area contributed by atoms with Gasteiger partial charge in [0.2, 0.25) is 0 Å². The van der Waals surface area contributed by atoms with E-state index in [1.54, 1.807) is 6.20 Å². The van der Waals surface area contributed by atoms with Crippen molar-refractivity contribution in [1.29, 1.82) is 0 Å². The third-order valence-corrected chi connectivity index (χ3v) is 3.19. The summed E-state index contributed by atoms with van der Waals surface area (Å²) < 4.78 is 5.45. The molecule has 0 aliphatic rings. The van der Waals surface area contributed by atoms with Crippen LogP contribution in [0.5, 0.6) is 5.75 Å². The number of carbonyl (C=O) groups excluding carboxylic acids is 1. The Hall–Kier alpha value is -1.88. The highest BCUT2D eigenvalue weighted by Crippen LogP contribution is 2.24. The minimum atomic E-state index is -0.159. The number of rotatable bonds is 4. The lowest BCUT2D eigenvalue weighted by molar-refractivity contribution is 0.103. The van der Waals surface area contributed by atoms with Crippen molar-refractivity contribution in [2.24, 2.45) is 0 Å². The van der Waals surface area contributed by atoms with Crippen molar-refractivity contribution in [3.05, 3.63) is 40.3 Å². The van der Waals surface area contributed by atoms with Crippen LogP contribution >= 0.6 is 11.3 Å². The third-order valence-electron chi connectivity index (χ3n) is 2.28. The van der Waals surface area contributed by atoms with Crippen molar-refractivity contribution in [2.45, 2.75) is 13.8 Å². The molecule has 0 aliphatic heterocycles. The molecule has 0 spiro atoms. The molecule has 0 bridgehead atoms. The fourth-order valence-corrected chi connectivity index (χ4v) is 2.17. The van der Waals surface area contributed by atoms with Gasteiger partial charge in [0.15, 0.2) is 0 Å². The highest BCUT2D eigenvalue weighted by Gasteiger charge is 2.11. The van der Waals surface area contributed by atoms with E-state index >= 15 is 0 Å². The van der Waals surface area contributed by atoms with Crippen molar-refractivity contribution < 1.29 is 9.53 Å². The maximum absolute atomic E-state index is 12.0. The Morgan fingerprint density at radius 2 is 2.22 bits per heavy atom. The number of carbonyl (C=O) groups is 1. The molecule has 1 aromatic carbocycles. The lowest BCUT2D eigenvalue weighted by Crippen LogP contribution is -2.11. The fourth-order valence-electron chi connectivity index (χ4n) is 1.50. The van der Waals surface area contributed by atoms with Gasteiger partial charge >= 0.3 is 0 Å². The van der Waals surface area contributed by atoms with E-state index in [0.29, 0.717) is 22.9 Å². The molecule has 0 saturated heterocycles. The first kappa shape index (κ1) is 12.6. The molecular weight excluding hydrogens is 248 g/mol. The Balaban J connectivity index is 2.16. The highest BCUT2D eigenvalue weighted by molar-refractivity contribution is 7.13. The first-order chi connectivity index (χ1) is 8.70. The number of benzene rings is 1. The molecule has 2 aromatic rings. The molecule has 1 amide bonds. The number of nitrogens with one attached hydrogen (secondary N) is 1. The zero-order chi connectivity index (χ0) is 13.0. The second-order valence-electron chi connectivity index (χ2n) is 3.63. The van der Waals surface area contributed by atoms with Gasteiger partial charge in [0.25, 0.3) is 5.91 Å². The predicted octanol–water partition coefficient (Wildman–Crippen LogP) is 3.10. The second kappa shape index (κ2) is 5.64. The van der Waals surface area contributed by atoms with Crippen molar-refractivity contribution in [3.63, 3.8) is 0 Å². The molecule has 0 unspecified atom stereocenters. The maximum Gasteiger partial charge on any atom is 0.267 e. The van der Waals surface area contributed by atoms with Gasteiger partial charge in [-0.1, -0.05) is 12.1 Å². The summed E-state index contributed by atoms with van der Waals surface area (Å²) in [6.07, 6.45) is 1.58. The van der Waals surface area contributed by atoms with Gasteiger partial charge in [-0.2, -0.15) is 0 Å². The van der Waals surface area contributed by atoms with E-state index in [4.69, 9.17) is 4.74 Å². The molecule has 2 rings (SSSR count). The van der Waals surface area contributed by atoms with Crippen LogP contribution in [0.3, 0.4) is 0 Å². The summed E-state index contributed by atoms with van der Waals surface area (Å²) in [5.74, 6) is 0.516. The van der Waals surface area contributed by atoms with E-state index in [9.17, 15) is 4.79 Å². The minimum absolute atomic E-state index is 0.159. The number of aromatic nitrogens is 1. The van der Waals surface area contributed by atoms with Crippen LogP contribution < -0.4 is 10.1 Å². The molecule has 0 atom stereocenters. The number of hydrogen-bond donors (Lipinski definition) is 1. The molecule has 18 heavy (non-hydrogen) atoms. The molecule has 1 aromatic heterocycles. The van der Waals surface area contributed by atoms with Gasteiger partial charge < -0.3 is 10.1 Å². The summed E-state index contributed by atoms with van der Waals surface area (Å²) in [4.78, 5) is 16.6. The van der Waals surface area contributed by atoms with Crippen molar-refractivity contribution >= 4 is 22.9 Å².